The van der Waals surface area contributed by atoms with E-state index < -0.39 is 53.7 Å². The summed E-state index contributed by atoms with van der Waals surface area (Å²) in [7, 11) is 1.43. The van der Waals surface area contributed by atoms with Crippen molar-refractivity contribution in [1.82, 2.24) is 26.2 Å². The molecule has 0 aromatic heterocycles. The summed E-state index contributed by atoms with van der Waals surface area (Å²) in [4.78, 5) is 71.8. The number of likely N-dealkylation sites (N-methyl/N-ethyl adjacent to an activating group) is 1. The fraction of sp³-hybridized carbons (Fsp3) is 0.400. The number of rotatable bonds is 16. The van der Waals surface area contributed by atoms with Gasteiger partial charge in [0, 0.05) is 43.2 Å². The number of aryl methyl sites for hydroxylation is 2. The first-order chi connectivity index (χ1) is 31.9. The van der Waals surface area contributed by atoms with E-state index in [9.17, 15) is 29.2 Å². The highest BCUT2D eigenvalue weighted by Crippen LogP contribution is 2.40. The molecule has 17 heteroatoms. The van der Waals surface area contributed by atoms with Crippen molar-refractivity contribution >= 4 is 29.5 Å². The molecule has 4 bridgehead atoms. The minimum Gasteiger partial charge on any atom is -0.492 e. The van der Waals surface area contributed by atoms with Crippen LogP contribution in [0.3, 0.4) is 0 Å². The summed E-state index contributed by atoms with van der Waals surface area (Å²) in [5.74, 6) is -1.28. The highest BCUT2D eigenvalue weighted by molar-refractivity contribution is 6.01. The van der Waals surface area contributed by atoms with Crippen molar-refractivity contribution in [3.63, 3.8) is 0 Å². The van der Waals surface area contributed by atoms with Crippen molar-refractivity contribution in [1.29, 1.82) is 5.26 Å². The maximum Gasteiger partial charge on any atom is 0.252 e. The lowest BCUT2D eigenvalue weighted by atomic mass is 9.87. The number of nitriles is 1. The summed E-state index contributed by atoms with van der Waals surface area (Å²) >= 11 is 0. The monoisotopic (exact) mass is 917 g/mol. The van der Waals surface area contributed by atoms with Crippen molar-refractivity contribution in [2.45, 2.75) is 84.0 Å². The zero-order valence-corrected chi connectivity index (χ0v) is 39.3. The second-order valence-corrected chi connectivity index (χ2v) is 17.5. The zero-order valence-electron chi connectivity index (χ0n) is 39.3. The molecular formula is C50H63N9O8. The average molecular weight is 918 g/mol. The molecule has 5 amide bonds. The van der Waals surface area contributed by atoms with E-state index in [2.05, 4.69) is 42.0 Å². The van der Waals surface area contributed by atoms with Gasteiger partial charge >= 0.3 is 0 Å². The van der Waals surface area contributed by atoms with Crippen LogP contribution in [0.25, 0.3) is 11.1 Å². The van der Waals surface area contributed by atoms with Gasteiger partial charge in [-0.15, -0.1) is 0 Å². The number of benzene rings is 4. The normalized spacial score (nSPS) is 16.5. The minimum atomic E-state index is -1.39. The summed E-state index contributed by atoms with van der Waals surface area (Å²) in [6, 6.07) is 18.5. The van der Waals surface area contributed by atoms with Crippen LogP contribution in [0.2, 0.25) is 0 Å². The third-order valence-corrected chi connectivity index (χ3v) is 11.3. The first-order valence-electron chi connectivity index (χ1n) is 22.3. The Labute approximate surface area is 392 Å². The maximum absolute atomic E-state index is 14.7. The Morgan fingerprint density at radius 2 is 1.45 bits per heavy atom. The SMILES string of the molecule is Cc1cc(Oc2ccc(C(C)(C)C)cc2)cc(C)c1C(=O)NC(CCN)C(=O)N(C)C1C(=O)NC(C)C(=O)NC(C(=O)NCC#N)Cc2ccc(OCCN)c(c2)-c2cc1ccc2OCCN. The van der Waals surface area contributed by atoms with Crippen molar-refractivity contribution in [2.75, 3.05) is 46.4 Å². The molecule has 1 aliphatic rings. The molecule has 0 spiro atoms. The molecule has 0 fully saturated rings. The molecule has 10 N–H and O–H groups in total. The maximum atomic E-state index is 14.7. The smallest absolute Gasteiger partial charge is 0.252 e. The van der Waals surface area contributed by atoms with E-state index in [1.807, 2.05) is 30.3 Å². The van der Waals surface area contributed by atoms with Crippen LogP contribution in [0.1, 0.15) is 78.3 Å². The van der Waals surface area contributed by atoms with Crippen molar-refractivity contribution < 1.29 is 38.2 Å². The number of amides is 5. The Balaban J connectivity index is 1.54. The third-order valence-electron chi connectivity index (χ3n) is 11.3. The van der Waals surface area contributed by atoms with Crippen LogP contribution in [0, 0.1) is 25.2 Å². The number of fused-ring (bicyclic) bond motifs is 5. The summed E-state index contributed by atoms with van der Waals surface area (Å²) in [6.07, 6.45) is 0.0246. The van der Waals surface area contributed by atoms with Gasteiger partial charge < -0.3 is 57.6 Å². The van der Waals surface area contributed by atoms with E-state index in [1.165, 1.54) is 18.9 Å². The van der Waals surface area contributed by atoms with Gasteiger partial charge in [-0.2, -0.15) is 5.26 Å². The zero-order chi connectivity index (χ0) is 49.0. The third kappa shape index (κ3) is 12.9. The summed E-state index contributed by atoms with van der Waals surface area (Å²) in [5, 5.41) is 20.0. The number of carbonyl (C=O) groups is 5. The lowest BCUT2D eigenvalue weighted by molar-refractivity contribution is -0.141. The topological polar surface area (TPSA) is 266 Å². The van der Waals surface area contributed by atoms with E-state index in [4.69, 9.17) is 31.4 Å². The lowest BCUT2D eigenvalue weighted by Crippen LogP contribution is -2.56. The van der Waals surface area contributed by atoms with E-state index >= 15 is 0 Å². The summed E-state index contributed by atoms with van der Waals surface area (Å²) < 4.78 is 18.4. The van der Waals surface area contributed by atoms with Crippen molar-refractivity contribution in [2.24, 2.45) is 17.2 Å². The lowest BCUT2D eigenvalue weighted by Gasteiger charge is -2.32. The van der Waals surface area contributed by atoms with Gasteiger partial charge in [0.1, 0.15) is 66.9 Å². The highest BCUT2D eigenvalue weighted by atomic mass is 16.5. The van der Waals surface area contributed by atoms with Gasteiger partial charge in [-0.05, 0) is 115 Å². The van der Waals surface area contributed by atoms with Gasteiger partial charge in [0.25, 0.3) is 5.91 Å². The van der Waals surface area contributed by atoms with Gasteiger partial charge in [0.2, 0.25) is 23.6 Å². The Morgan fingerprint density at radius 3 is 2.03 bits per heavy atom. The molecule has 356 valence electrons. The first kappa shape index (κ1) is 51.0. The molecule has 4 aromatic carbocycles. The first-order valence-corrected chi connectivity index (χ1v) is 22.3. The van der Waals surface area contributed by atoms with Crippen LogP contribution in [0.15, 0.2) is 72.8 Å². The van der Waals surface area contributed by atoms with Gasteiger partial charge in [-0.3, -0.25) is 24.0 Å². The second-order valence-electron chi connectivity index (χ2n) is 17.5. The molecule has 1 heterocycles. The highest BCUT2D eigenvalue weighted by Gasteiger charge is 2.36. The molecule has 4 aromatic rings. The van der Waals surface area contributed by atoms with Crippen molar-refractivity contribution in [3.05, 3.63) is 106 Å². The fourth-order valence-corrected chi connectivity index (χ4v) is 7.86. The van der Waals surface area contributed by atoms with Gasteiger partial charge in [-0.25, -0.2) is 0 Å². The summed E-state index contributed by atoms with van der Waals surface area (Å²) in [5.41, 5.74) is 22.3. The quantitative estimate of drug-likeness (QED) is 0.0796. The van der Waals surface area contributed by atoms with Crippen LogP contribution in [0.5, 0.6) is 23.0 Å². The molecular weight excluding hydrogens is 855 g/mol. The molecule has 0 saturated heterocycles. The number of hydrogen-bond donors (Lipinski definition) is 7. The van der Waals surface area contributed by atoms with Crippen LogP contribution in [-0.2, 0) is 31.0 Å². The molecule has 4 unspecified atom stereocenters. The van der Waals surface area contributed by atoms with Crippen LogP contribution < -0.4 is 52.7 Å². The average Bonchev–Trinajstić information content (AvgIpc) is 3.28. The van der Waals surface area contributed by atoms with Gasteiger partial charge in [0.05, 0.1) is 6.07 Å². The van der Waals surface area contributed by atoms with Crippen LogP contribution in [-0.4, -0.2) is 99.0 Å². The molecule has 67 heavy (non-hydrogen) atoms. The van der Waals surface area contributed by atoms with Gasteiger partial charge in [0.15, 0.2) is 0 Å². The number of nitrogens with zero attached hydrogens (tertiary/aromatic N) is 2. The Hall–Kier alpha value is -7.00. The van der Waals surface area contributed by atoms with Crippen molar-refractivity contribution in [3.8, 4) is 40.2 Å². The van der Waals surface area contributed by atoms with E-state index in [1.54, 1.807) is 62.4 Å². The number of ether oxygens (including phenoxy) is 3. The molecule has 0 radical (unpaired) electrons. The standard InChI is InChI=1S/C50H63N9O8/c1-29-24-36(67-35-12-10-34(11-13-35)50(4,5)6)25-30(2)43(29)47(62)57-39(16-17-51)49(64)59(7)44-33-9-15-42(66-23-20-54)38(28-33)37-26-32(8-14-41(37)65-22-19-53)27-40(46(61)55-21-18-52)58-45(60)31(3)56-48(44)63/h8-15,24-26,28,31,39-40,44H,16-17,19-23,27,51,53-54H2,1-7H3,(H,55,61)(H,56,63)(H,57,62)(H,58,60). The fourth-order valence-electron chi connectivity index (χ4n) is 7.86. The Kier molecular flexibility index (Phi) is 17.5. The van der Waals surface area contributed by atoms with E-state index in [0.717, 1.165) is 5.56 Å². The minimum absolute atomic E-state index is 0.00381. The largest absolute Gasteiger partial charge is 0.492 e. The van der Waals surface area contributed by atoms with E-state index in [-0.39, 0.29) is 57.6 Å². The number of hydrogen-bond acceptors (Lipinski definition) is 12. The Bertz CT molecular complexity index is 2460. The number of nitrogens with two attached hydrogens (primary N) is 3. The second kappa shape index (κ2) is 22.9. The molecule has 0 aliphatic carbocycles. The molecule has 0 saturated carbocycles. The molecule has 4 atom stereocenters. The molecule has 1 aliphatic heterocycles. The van der Waals surface area contributed by atoms with E-state index in [0.29, 0.717) is 61.9 Å². The predicted molar refractivity (Wildman–Crippen MR) is 254 cm³/mol. The predicted octanol–water partition coefficient (Wildman–Crippen LogP) is 3.57. The Morgan fingerprint density at radius 1 is 0.836 bits per heavy atom. The summed E-state index contributed by atoms with van der Waals surface area (Å²) in [6.45, 7) is 11.8. The van der Waals surface area contributed by atoms with Gasteiger partial charge in [-0.1, -0.05) is 45.0 Å². The number of nitrogens with one attached hydrogen (secondary N) is 4. The van der Waals surface area contributed by atoms with Crippen LogP contribution in [0.4, 0.5) is 0 Å². The number of carbonyl (C=O) groups excluding carboxylic acids is 5. The van der Waals surface area contributed by atoms with Crippen LogP contribution >= 0.6 is 0 Å². The molecule has 17 nitrogen and oxygen atoms in total. The molecule has 5 rings (SSSR count).